The molecule has 3 N–H and O–H groups in total. The Morgan fingerprint density at radius 2 is 2.17 bits per heavy atom. The number of carboxylic acid groups (broad SMARTS) is 1. The topological polar surface area (TPSA) is 168 Å². The first kappa shape index (κ1) is 17.7. The highest BCUT2D eigenvalue weighted by molar-refractivity contribution is 5.96. The molecule has 0 unspecified atom stereocenters. The summed E-state index contributed by atoms with van der Waals surface area (Å²) in [5.74, 6) is -2.02. The quantitative estimate of drug-likeness (QED) is 0.438. The lowest BCUT2D eigenvalue weighted by Gasteiger charge is -2.14. The Bertz CT molecular complexity index is 1370. The third-order valence-electron chi connectivity index (χ3n) is 4.94. The zero-order chi connectivity index (χ0) is 20.8. The van der Waals surface area contributed by atoms with Crippen LogP contribution >= 0.6 is 0 Å². The van der Waals surface area contributed by atoms with Crippen LogP contribution in [0.5, 0.6) is 0 Å². The summed E-state index contributed by atoms with van der Waals surface area (Å²) in [6.45, 7) is 0. The Balaban J connectivity index is 1.41. The van der Waals surface area contributed by atoms with Crippen molar-refractivity contribution in [2.75, 3.05) is 0 Å². The Kier molecular flexibility index (Phi) is 3.91. The number of nitrogens with zero attached hydrogens (tertiary/aromatic N) is 5. The monoisotopic (exact) mass is 407 g/mol. The Morgan fingerprint density at radius 3 is 2.93 bits per heavy atom. The SMILES string of the molecule is O=C(N[C@H]1CCc2cc(-c3noc(=O)[nH]3)ccc21)c1cc(C(=O)O)n2ncnc2n1. The molecular weight excluding hydrogens is 394 g/mol. The Hall–Kier alpha value is -4.35. The van der Waals surface area contributed by atoms with Gasteiger partial charge in [0.1, 0.15) is 12.0 Å². The highest BCUT2D eigenvalue weighted by atomic mass is 16.5. The summed E-state index contributed by atoms with van der Waals surface area (Å²) in [6.07, 6.45) is 2.55. The van der Waals surface area contributed by atoms with Crippen molar-refractivity contribution >= 4 is 17.7 Å². The highest BCUT2D eigenvalue weighted by Crippen LogP contribution is 2.33. The van der Waals surface area contributed by atoms with Crippen LogP contribution in [0.4, 0.5) is 0 Å². The van der Waals surface area contributed by atoms with E-state index in [0.29, 0.717) is 24.2 Å². The van der Waals surface area contributed by atoms with Crippen LogP contribution in [-0.4, -0.2) is 46.7 Å². The largest absolute Gasteiger partial charge is 0.477 e. The molecule has 12 heteroatoms. The smallest absolute Gasteiger partial charge is 0.439 e. The molecule has 1 aliphatic rings. The maximum atomic E-state index is 12.8. The van der Waals surface area contributed by atoms with Gasteiger partial charge in [-0.3, -0.25) is 14.3 Å². The number of aromatic nitrogens is 6. The number of fused-ring (bicyclic) bond motifs is 2. The molecular formula is C18H13N7O5. The first-order valence-corrected chi connectivity index (χ1v) is 8.94. The number of benzene rings is 1. The second kappa shape index (κ2) is 6.62. The zero-order valence-electron chi connectivity index (χ0n) is 15.2. The fraction of sp³-hybridized carbons (Fsp3) is 0.167. The summed E-state index contributed by atoms with van der Waals surface area (Å²) in [6, 6.07) is 6.42. The van der Waals surface area contributed by atoms with Crippen LogP contribution in [0.2, 0.25) is 0 Å². The molecule has 30 heavy (non-hydrogen) atoms. The zero-order valence-corrected chi connectivity index (χ0v) is 15.2. The number of carbonyl (C=O) groups excluding carboxylic acids is 1. The first-order valence-electron chi connectivity index (χ1n) is 8.94. The molecule has 1 aliphatic carbocycles. The van der Waals surface area contributed by atoms with E-state index in [2.05, 4.69) is 35.0 Å². The van der Waals surface area contributed by atoms with Crippen LogP contribution in [0.1, 0.15) is 44.6 Å². The molecule has 1 aromatic carbocycles. The fourth-order valence-corrected chi connectivity index (χ4v) is 3.58. The molecule has 0 fully saturated rings. The van der Waals surface area contributed by atoms with Crippen molar-refractivity contribution < 1.29 is 19.2 Å². The van der Waals surface area contributed by atoms with Crippen molar-refractivity contribution in [1.29, 1.82) is 0 Å². The Labute approximate surface area is 166 Å². The molecule has 3 heterocycles. The molecule has 0 saturated heterocycles. The third-order valence-corrected chi connectivity index (χ3v) is 4.94. The van der Waals surface area contributed by atoms with Crippen molar-refractivity contribution in [3.63, 3.8) is 0 Å². The highest BCUT2D eigenvalue weighted by Gasteiger charge is 2.26. The molecule has 0 saturated carbocycles. The molecule has 1 atom stereocenters. The Morgan fingerprint density at radius 1 is 1.30 bits per heavy atom. The number of hydrogen-bond acceptors (Lipinski definition) is 8. The van der Waals surface area contributed by atoms with Crippen LogP contribution in [0.3, 0.4) is 0 Å². The minimum Gasteiger partial charge on any atom is -0.477 e. The molecule has 3 aromatic heterocycles. The van der Waals surface area contributed by atoms with Gasteiger partial charge in [0.25, 0.3) is 11.7 Å². The number of hydrogen-bond donors (Lipinski definition) is 3. The van der Waals surface area contributed by atoms with Crippen LogP contribution in [0.15, 0.2) is 39.9 Å². The molecule has 150 valence electrons. The summed E-state index contributed by atoms with van der Waals surface area (Å²) in [4.78, 5) is 45.8. The second-order valence-corrected chi connectivity index (χ2v) is 6.73. The number of aromatic carboxylic acids is 1. The van der Waals surface area contributed by atoms with Crippen LogP contribution in [-0.2, 0) is 6.42 Å². The normalized spacial score (nSPS) is 15.3. The predicted octanol–water partition coefficient (Wildman–Crippen LogP) is 0.583. The number of carbonyl (C=O) groups is 2. The van der Waals surface area contributed by atoms with E-state index in [9.17, 15) is 19.5 Å². The van der Waals surface area contributed by atoms with Gasteiger partial charge in [-0.05, 0) is 30.0 Å². The average Bonchev–Trinajstić information content (AvgIpc) is 3.46. The number of H-pyrrole nitrogens is 1. The minimum atomic E-state index is -1.24. The summed E-state index contributed by atoms with van der Waals surface area (Å²) in [5.41, 5.74) is 2.38. The van der Waals surface area contributed by atoms with Gasteiger partial charge in [0.15, 0.2) is 11.5 Å². The summed E-state index contributed by atoms with van der Waals surface area (Å²) >= 11 is 0. The average molecular weight is 407 g/mol. The van der Waals surface area contributed by atoms with Gasteiger partial charge in [0, 0.05) is 11.6 Å². The van der Waals surface area contributed by atoms with Crippen LogP contribution < -0.4 is 11.1 Å². The number of rotatable bonds is 4. The second-order valence-electron chi connectivity index (χ2n) is 6.73. The van der Waals surface area contributed by atoms with E-state index in [-0.39, 0.29) is 23.2 Å². The van der Waals surface area contributed by atoms with Crippen LogP contribution in [0.25, 0.3) is 17.2 Å². The molecule has 0 spiro atoms. The lowest BCUT2D eigenvalue weighted by Crippen LogP contribution is -2.28. The lowest BCUT2D eigenvalue weighted by atomic mass is 10.0. The molecule has 4 aromatic rings. The van der Waals surface area contributed by atoms with E-state index in [1.807, 2.05) is 12.1 Å². The van der Waals surface area contributed by atoms with Gasteiger partial charge in [-0.1, -0.05) is 17.3 Å². The van der Waals surface area contributed by atoms with Gasteiger partial charge in [0.05, 0.1) is 6.04 Å². The third kappa shape index (κ3) is 2.90. The number of aryl methyl sites for hydroxylation is 1. The van der Waals surface area contributed by atoms with Crippen molar-refractivity contribution in [2.45, 2.75) is 18.9 Å². The number of amides is 1. The standard InChI is InChI=1S/C18H13N7O5/c26-15(12-6-13(16(27)28)25-17(22-12)19-7-20-25)21-11-4-2-8-5-9(1-3-10(8)11)14-23-18(29)30-24-14/h1,3,5-7,11H,2,4H2,(H,21,26)(H,27,28)(H,23,24,29)/t11-/m0/s1. The molecule has 12 nitrogen and oxygen atoms in total. The van der Waals surface area contributed by atoms with Gasteiger partial charge < -0.3 is 10.4 Å². The van der Waals surface area contributed by atoms with Gasteiger partial charge in [-0.15, -0.1) is 0 Å². The van der Waals surface area contributed by atoms with Gasteiger partial charge in [-0.2, -0.15) is 14.6 Å². The molecule has 1 amide bonds. The van der Waals surface area contributed by atoms with Gasteiger partial charge >= 0.3 is 11.7 Å². The van der Waals surface area contributed by atoms with Crippen molar-refractivity contribution in [2.24, 2.45) is 0 Å². The van der Waals surface area contributed by atoms with Crippen molar-refractivity contribution in [3.8, 4) is 11.4 Å². The van der Waals surface area contributed by atoms with Crippen molar-refractivity contribution in [3.05, 3.63) is 63.7 Å². The molecule has 0 aliphatic heterocycles. The maximum absolute atomic E-state index is 12.8. The van der Waals surface area contributed by atoms with Crippen molar-refractivity contribution in [1.82, 2.24) is 35.0 Å². The number of nitrogens with one attached hydrogen (secondary N) is 2. The fourth-order valence-electron chi connectivity index (χ4n) is 3.58. The van der Waals surface area contributed by atoms with E-state index in [0.717, 1.165) is 15.6 Å². The van der Waals surface area contributed by atoms with E-state index in [4.69, 9.17) is 0 Å². The van der Waals surface area contributed by atoms with Gasteiger partial charge in [0.2, 0.25) is 0 Å². The molecule has 0 bridgehead atoms. The number of aromatic amines is 1. The van der Waals surface area contributed by atoms with E-state index in [1.54, 1.807) is 6.07 Å². The minimum absolute atomic E-state index is 0.0260. The molecule has 5 rings (SSSR count). The number of carboxylic acids is 1. The van der Waals surface area contributed by atoms with Gasteiger partial charge in [-0.25, -0.2) is 14.6 Å². The summed E-state index contributed by atoms with van der Waals surface area (Å²) in [7, 11) is 0. The van der Waals surface area contributed by atoms with E-state index >= 15 is 0 Å². The lowest BCUT2D eigenvalue weighted by molar-refractivity contribution is 0.0687. The molecule has 0 radical (unpaired) electrons. The first-order chi connectivity index (χ1) is 14.5. The maximum Gasteiger partial charge on any atom is 0.439 e. The summed E-state index contributed by atoms with van der Waals surface area (Å²) in [5, 5.41) is 19.7. The van der Waals surface area contributed by atoms with Crippen LogP contribution in [0, 0.1) is 0 Å². The summed E-state index contributed by atoms with van der Waals surface area (Å²) < 4.78 is 5.59. The van der Waals surface area contributed by atoms with E-state index < -0.39 is 17.6 Å². The predicted molar refractivity (Wildman–Crippen MR) is 98.8 cm³/mol. The van der Waals surface area contributed by atoms with E-state index in [1.165, 1.54) is 12.4 Å².